The van der Waals surface area contributed by atoms with Gasteiger partial charge in [0.05, 0.1) is 13.2 Å². The van der Waals surface area contributed by atoms with Crippen molar-refractivity contribution in [2.24, 2.45) is 0 Å². The Morgan fingerprint density at radius 2 is 1.42 bits per heavy atom. The predicted molar refractivity (Wildman–Crippen MR) is 146 cm³/mol. The third-order valence-corrected chi connectivity index (χ3v) is 6.42. The van der Waals surface area contributed by atoms with Crippen molar-refractivity contribution >= 4 is 19.6 Å². The smallest absolute Gasteiger partial charge is 0.457 e. The minimum atomic E-state index is -4.67. The summed E-state index contributed by atoms with van der Waals surface area (Å²) >= 11 is 0. The second kappa shape index (κ2) is 17.8. The number of ether oxygens (including phenoxy) is 1. The van der Waals surface area contributed by atoms with Gasteiger partial charge in [0, 0.05) is 17.5 Å². The van der Waals surface area contributed by atoms with Crippen LogP contribution in [0, 0.1) is 0 Å². The molecule has 0 radical (unpaired) electrons. The number of carbonyl (C=O) groups excluding carboxylic acids is 2. The number of phosphoric ester groups is 1. The van der Waals surface area contributed by atoms with E-state index in [1.54, 1.807) is 0 Å². The highest BCUT2D eigenvalue weighted by atomic mass is 32.2. The van der Waals surface area contributed by atoms with Crippen molar-refractivity contribution in [3.63, 3.8) is 0 Å². The summed E-state index contributed by atoms with van der Waals surface area (Å²) in [6.07, 6.45) is 12.3. The number of hydrogen-bond donors (Lipinski definition) is 3. The van der Waals surface area contributed by atoms with Gasteiger partial charge < -0.3 is 19.6 Å². The summed E-state index contributed by atoms with van der Waals surface area (Å²) in [5.41, 5.74) is 2.64. The molecule has 0 heterocycles. The molecule has 0 bridgehead atoms. The van der Waals surface area contributed by atoms with Gasteiger partial charge in [0.15, 0.2) is 5.78 Å². The zero-order chi connectivity index (χ0) is 27.6. The highest BCUT2D eigenvalue weighted by Gasteiger charge is 2.20. The zero-order valence-electron chi connectivity index (χ0n) is 21.7. The van der Waals surface area contributed by atoms with Gasteiger partial charge in [0.25, 0.3) is 0 Å². The number of esters is 1. The first kappa shape index (κ1) is 31.6. The molecule has 0 aliphatic rings. The van der Waals surface area contributed by atoms with Gasteiger partial charge in [-0.05, 0) is 44.1 Å². The topological polar surface area (TPSA) is 130 Å². The first-order chi connectivity index (χ1) is 18.3. The molecule has 2 aromatic carbocycles. The lowest BCUT2D eigenvalue weighted by Crippen LogP contribution is -2.26. The Bertz CT molecular complexity index is 1030. The fourth-order valence-electron chi connectivity index (χ4n) is 3.85. The molecule has 0 aromatic heterocycles. The summed E-state index contributed by atoms with van der Waals surface area (Å²) in [5.74, 6) is -0.471. The molecule has 38 heavy (non-hydrogen) atoms. The van der Waals surface area contributed by atoms with Gasteiger partial charge in [-0.2, -0.15) is 0 Å². The second-order valence-corrected chi connectivity index (χ2v) is 10.4. The first-order valence-electron chi connectivity index (χ1n) is 13.1. The average molecular weight is 548 g/mol. The number of aliphatic hydroxyl groups excluding tert-OH is 1. The van der Waals surface area contributed by atoms with Crippen LogP contribution in [0.15, 0.2) is 66.7 Å². The Labute approximate surface area is 224 Å². The SMILES string of the molecule is O=C(CCCCCCC/C=C\CCCc1ccc(C(=O)c2ccccc2)cc1)O[C@H](CO)CO[32P](=O)(O)O. The van der Waals surface area contributed by atoms with Gasteiger partial charge in [-0.15, -0.1) is 0 Å². The first-order valence-corrected chi connectivity index (χ1v) is 14.7. The number of phosphoric acid groups is 1. The van der Waals surface area contributed by atoms with Crippen LogP contribution in [0.4, 0.5) is 0 Å². The number of allylic oxidation sites excluding steroid dienone is 2. The largest absolute Gasteiger partial charge is 0.469 e. The number of carbonyl (C=O) groups is 2. The third kappa shape index (κ3) is 13.8. The summed E-state index contributed by atoms with van der Waals surface area (Å²) in [6.45, 7) is -1.12. The van der Waals surface area contributed by atoms with Gasteiger partial charge in [-0.3, -0.25) is 14.1 Å². The van der Waals surface area contributed by atoms with Crippen molar-refractivity contribution in [1.82, 2.24) is 0 Å². The Kier molecular flexibility index (Phi) is 14.8. The Morgan fingerprint density at radius 1 is 0.816 bits per heavy atom. The molecule has 3 N–H and O–H groups in total. The van der Waals surface area contributed by atoms with E-state index in [9.17, 15) is 14.2 Å². The van der Waals surface area contributed by atoms with E-state index >= 15 is 0 Å². The summed E-state index contributed by atoms with van der Waals surface area (Å²) < 4.78 is 19.9. The van der Waals surface area contributed by atoms with Crippen molar-refractivity contribution in [3.8, 4) is 0 Å². The number of rotatable bonds is 19. The van der Waals surface area contributed by atoms with Crippen LogP contribution in [0.2, 0.25) is 0 Å². The molecule has 0 aliphatic carbocycles. The molecule has 0 saturated carbocycles. The molecule has 8 nitrogen and oxygen atoms in total. The number of unbranched alkanes of at least 4 members (excludes halogenated alkanes) is 6. The summed E-state index contributed by atoms with van der Waals surface area (Å²) in [6, 6.07) is 17.2. The van der Waals surface area contributed by atoms with E-state index in [0.29, 0.717) is 17.5 Å². The van der Waals surface area contributed by atoms with Gasteiger partial charge >= 0.3 is 13.8 Å². The molecular formula is C29H39O8P. The quantitative estimate of drug-likeness (QED) is 0.0687. The number of hydrogen-bond acceptors (Lipinski definition) is 6. The van der Waals surface area contributed by atoms with Gasteiger partial charge in [0.1, 0.15) is 6.10 Å². The molecule has 0 spiro atoms. The van der Waals surface area contributed by atoms with Gasteiger partial charge in [-0.25, -0.2) is 4.57 Å². The van der Waals surface area contributed by atoms with E-state index < -0.39 is 33.1 Å². The van der Waals surface area contributed by atoms with Crippen LogP contribution in [-0.2, 0) is 25.0 Å². The molecule has 0 fully saturated rings. The van der Waals surface area contributed by atoms with Crippen LogP contribution in [0.25, 0.3) is 0 Å². The lowest BCUT2D eigenvalue weighted by atomic mass is 10.0. The highest BCUT2D eigenvalue weighted by Crippen LogP contribution is 2.35. The van der Waals surface area contributed by atoms with E-state index in [-0.39, 0.29) is 12.2 Å². The number of aliphatic hydroxyl groups is 1. The Morgan fingerprint density at radius 3 is 2.08 bits per heavy atom. The van der Waals surface area contributed by atoms with Gasteiger partial charge in [0.2, 0.25) is 0 Å². The van der Waals surface area contributed by atoms with Crippen LogP contribution in [0.3, 0.4) is 0 Å². The number of aryl methyl sites for hydroxylation is 1. The zero-order valence-corrected chi connectivity index (χ0v) is 22.6. The number of ketones is 1. The van der Waals surface area contributed by atoms with Crippen molar-refractivity contribution in [2.75, 3.05) is 13.2 Å². The molecule has 0 unspecified atom stereocenters. The van der Waals surface area contributed by atoms with Crippen LogP contribution in [-0.4, -0.2) is 46.0 Å². The molecule has 1 atom stereocenters. The van der Waals surface area contributed by atoms with E-state index in [4.69, 9.17) is 19.6 Å². The van der Waals surface area contributed by atoms with Crippen molar-refractivity contribution in [2.45, 2.75) is 70.3 Å². The Hall–Kier alpha value is -2.61. The van der Waals surface area contributed by atoms with Crippen molar-refractivity contribution in [1.29, 1.82) is 0 Å². The van der Waals surface area contributed by atoms with Crippen LogP contribution in [0.5, 0.6) is 0 Å². The third-order valence-electron chi connectivity index (χ3n) is 5.94. The monoisotopic (exact) mass is 547 g/mol. The molecule has 9 heteroatoms. The lowest BCUT2D eigenvalue weighted by Gasteiger charge is -2.15. The van der Waals surface area contributed by atoms with E-state index in [2.05, 4.69) is 16.7 Å². The second-order valence-electron chi connectivity index (χ2n) is 9.14. The molecule has 0 amide bonds. The molecule has 2 aromatic rings. The fourth-order valence-corrected chi connectivity index (χ4v) is 4.21. The van der Waals surface area contributed by atoms with Crippen molar-refractivity contribution in [3.05, 3.63) is 83.4 Å². The molecular weight excluding hydrogens is 508 g/mol. The van der Waals surface area contributed by atoms with Crippen LogP contribution < -0.4 is 0 Å². The summed E-state index contributed by atoms with van der Waals surface area (Å²) in [4.78, 5) is 41.6. The Balaban J connectivity index is 1.47. The molecule has 208 valence electrons. The minimum absolute atomic E-state index is 0.0444. The number of benzene rings is 2. The maximum absolute atomic E-state index is 12.5. The highest BCUT2D eigenvalue weighted by molar-refractivity contribution is 7.46. The molecule has 0 saturated heterocycles. The fraction of sp³-hybridized carbons (Fsp3) is 0.448. The maximum Gasteiger partial charge on any atom is 0.469 e. The maximum atomic E-state index is 12.5. The standard InChI is InChI=1S/C29H39O8P/c30-22-27(23-36-38(33,34)35)37-28(31)17-13-8-6-4-2-1-3-5-7-10-14-24-18-20-26(21-19-24)29(32)25-15-11-9-12-16-25/h3,5,9,11-12,15-16,18-21,27,30H,1-2,4,6-8,10,13-14,17,22-23H2,(H2,33,34,35)/b5-3-/t27-/m1/s1/i38+1. The normalized spacial score (nSPS) is 12.5. The molecule has 2 rings (SSSR count). The summed E-state index contributed by atoms with van der Waals surface area (Å²) in [7, 11) is -4.67. The van der Waals surface area contributed by atoms with Crippen molar-refractivity contribution < 1.29 is 38.3 Å². The van der Waals surface area contributed by atoms with E-state index in [1.807, 2.05) is 54.6 Å². The average Bonchev–Trinajstić information content (AvgIpc) is 2.91. The minimum Gasteiger partial charge on any atom is -0.457 e. The van der Waals surface area contributed by atoms with Crippen LogP contribution >= 0.6 is 7.82 Å². The van der Waals surface area contributed by atoms with E-state index in [0.717, 1.165) is 51.4 Å². The van der Waals surface area contributed by atoms with Crippen LogP contribution in [0.1, 0.15) is 79.3 Å². The molecule has 0 aliphatic heterocycles. The van der Waals surface area contributed by atoms with E-state index in [1.165, 1.54) is 5.56 Å². The van der Waals surface area contributed by atoms with Gasteiger partial charge in [-0.1, -0.05) is 86.0 Å². The summed E-state index contributed by atoms with van der Waals surface area (Å²) in [5, 5.41) is 9.12. The predicted octanol–water partition coefficient (Wildman–Crippen LogP) is 5.54. The lowest BCUT2D eigenvalue weighted by molar-refractivity contribution is -0.153.